The smallest absolute Gasteiger partial charge is 0.311 e. The van der Waals surface area contributed by atoms with E-state index in [4.69, 9.17) is 11.6 Å². The predicted molar refractivity (Wildman–Crippen MR) is 60.9 cm³/mol. The molecule has 0 amide bonds. The van der Waals surface area contributed by atoms with Gasteiger partial charge in [0.15, 0.2) is 0 Å². The van der Waals surface area contributed by atoms with Crippen LogP contribution < -0.4 is 0 Å². The maximum absolute atomic E-state index is 13.5. The fourth-order valence-corrected chi connectivity index (χ4v) is 1.70. The molecule has 0 aliphatic carbocycles. The van der Waals surface area contributed by atoms with Gasteiger partial charge in [-0.2, -0.15) is 0 Å². The second-order valence-electron chi connectivity index (χ2n) is 4.29. The fourth-order valence-electron chi connectivity index (χ4n) is 1.50. The van der Waals surface area contributed by atoms with Crippen LogP contribution in [-0.4, -0.2) is 13.1 Å². The molecule has 0 heterocycles. The fraction of sp³-hybridized carbons (Fsp3) is 0.417. The minimum Gasteiger partial charge on any atom is -0.469 e. The Morgan fingerprint density at radius 2 is 2.12 bits per heavy atom. The topological polar surface area (TPSA) is 26.3 Å². The van der Waals surface area contributed by atoms with Gasteiger partial charge in [-0.3, -0.25) is 4.79 Å². The van der Waals surface area contributed by atoms with Crippen LogP contribution in [-0.2, 0) is 16.0 Å². The molecule has 0 spiro atoms. The van der Waals surface area contributed by atoms with Crippen molar-refractivity contribution in [3.63, 3.8) is 0 Å². The average Bonchev–Trinajstić information content (AvgIpc) is 2.22. The molecule has 88 valence electrons. The highest BCUT2D eigenvalue weighted by Crippen LogP contribution is 2.26. The second kappa shape index (κ2) is 4.83. The third kappa shape index (κ3) is 2.95. The van der Waals surface area contributed by atoms with Crippen molar-refractivity contribution >= 4 is 17.6 Å². The molecule has 0 atom stereocenters. The summed E-state index contributed by atoms with van der Waals surface area (Å²) >= 11 is 5.78. The predicted octanol–water partition coefficient (Wildman–Crippen LogP) is 3.22. The summed E-state index contributed by atoms with van der Waals surface area (Å²) < 4.78 is 18.1. The van der Waals surface area contributed by atoms with Crippen molar-refractivity contribution in [2.24, 2.45) is 5.41 Å². The number of hydrogen-bond acceptors (Lipinski definition) is 2. The van der Waals surface area contributed by atoms with E-state index in [-0.39, 0.29) is 18.2 Å². The number of methoxy groups -OCH3 is 1. The number of carbonyl (C=O) groups excluding carboxylic acids is 1. The van der Waals surface area contributed by atoms with Gasteiger partial charge in [-0.05, 0) is 44.0 Å². The van der Waals surface area contributed by atoms with E-state index in [1.54, 1.807) is 13.8 Å². The number of rotatable bonds is 3. The van der Waals surface area contributed by atoms with Crippen LogP contribution in [0, 0.1) is 11.2 Å². The molecule has 0 fully saturated rings. The van der Waals surface area contributed by atoms with Crippen molar-refractivity contribution in [3.05, 3.63) is 34.6 Å². The summed E-state index contributed by atoms with van der Waals surface area (Å²) in [5.74, 6) is -0.728. The lowest BCUT2D eigenvalue weighted by Gasteiger charge is -2.21. The van der Waals surface area contributed by atoms with Crippen molar-refractivity contribution in [3.8, 4) is 0 Å². The lowest BCUT2D eigenvalue weighted by molar-refractivity contribution is -0.150. The summed E-state index contributed by atoms with van der Waals surface area (Å²) in [5, 5.41) is 0.456. The zero-order valence-electron chi connectivity index (χ0n) is 9.51. The number of halogens is 2. The molecule has 0 saturated carbocycles. The Hall–Kier alpha value is -1.09. The summed E-state index contributed by atoms with van der Waals surface area (Å²) in [5.41, 5.74) is -0.344. The van der Waals surface area contributed by atoms with Gasteiger partial charge in [0, 0.05) is 5.02 Å². The van der Waals surface area contributed by atoms with E-state index >= 15 is 0 Å². The van der Waals surface area contributed by atoms with E-state index in [1.807, 2.05) is 0 Å². The SMILES string of the molecule is COC(=O)C(C)(C)Cc1cc(Cl)ccc1F. The van der Waals surface area contributed by atoms with Crippen molar-refractivity contribution in [2.75, 3.05) is 7.11 Å². The molecule has 1 rings (SSSR count). The lowest BCUT2D eigenvalue weighted by atomic mass is 9.85. The Morgan fingerprint density at radius 1 is 1.50 bits per heavy atom. The van der Waals surface area contributed by atoms with Gasteiger partial charge in [0.2, 0.25) is 0 Å². The number of hydrogen-bond donors (Lipinski definition) is 0. The first kappa shape index (κ1) is 13.0. The zero-order valence-corrected chi connectivity index (χ0v) is 10.3. The summed E-state index contributed by atoms with van der Waals surface area (Å²) in [4.78, 5) is 11.5. The molecular weight excluding hydrogens is 231 g/mol. The van der Waals surface area contributed by atoms with E-state index in [9.17, 15) is 9.18 Å². The molecule has 16 heavy (non-hydrogen) atoms. The van der Waals surface area contributed by atoms with E-state index < -0.39 is 5.41 Å². The lowest BCUT2D eigenvalue weighted by Crippen LogP contribution is -2.28. The van der Waals surface area contributed by atoms with Crippen LogP contribution in [0.25, 0.3) is 0 Å². The first-order chi connectivity index (χ1) is 7.36. The number of benzene rings is 1. The molecule has 0 bridgehead atoms. The third-order valence-corrected chi connectivity index (χ3v) is 2.61. The highest BCUT2D eigenvalue weighted by molar-refractivity contribution is 6.30. The van der Waals surface area contributed by atoms with Crippen LogP contribution in [0.2, 0.25) is 5.02 Å². The molecule has 0 N–H and O–H groups in total. The molecule has 4 heteroatoms. The van der Waals surface area contributed by atoms with E-state index in [0.29, 0.717) is 10.6 Å². The Balaban J connectivity index is 2.95. The molecule has 0 saturated heterocycles. The molecule has 1 aromatic carbocycles. The molecule has 2 nitrogen and oxygen atoms in total. The first-order valence-corrected chi connectivity index (χ1v) is 5.27. The molecule has 0 aromatic heterocycles. The minimum atomic E-state index is -0.764. The highest BCUT2D eigenvalue weighted by atomic mass is 35.5. The number of esters is 1. The normalized spacial score (nSPS) is 11.3. The van der Waals surface area contributed by atoms with Gasteiger partial charge in [0.1, 0.15) is 5.82 Å². The van der Waals surface area contributed by atoms with Gasteiger partial charge in [-0.15, -0.1) is 0 Å². The number of carbonyl (C=O) groups is 1. The Labute approximate surface area is 99.4 Å². The van der Waals surface area contributed by atoms with Crippen molar-refractivity contribution in [1.29, 1.82) is 0 Å². The Bertz CT molecular complexity index is 402. The van der Waals surface area contributed by atoms with Crippen LogP contribution in [0.1, 0.15) is 19.4 Å². The first-order valence-electron chi connectivity index (χ1n) is 4.89. The molecule has 0 unspecified atom stereocenters. The van der Waals surface area contributed by atoms with E-state index in [0.717, 1.165) is 0 Å². The van der Waals surface area contributed by atoms with Gasteiger partial charge < -0.3 is 4.74 Å². The van der Waals surface area contributed by atoms with Gasteiger partial charge in [-0.1, -0.05) is 11.6 Å². The Morgan fingerprint density at radius 3 is 2.69 bits per heavy atom. The maximum Gasteiger partial charge on any atom is 0.311 e. The van der Waals surface area contributed by atoms with E-state index in [2.05, 4.69) is 4.74 Å². The van der Waals surface area contributed by atoms with Gasteiger partial charge in [0.05, 0.1) is 12.5 Å². The monoisotopic (exact) mass is 244 g/mol. The molecule has 0 radical (unpaired) electrons. The molecular formula is C12H14ClFO2. The minimum absolute atomic E-state index is 0.256. The van der Waals surface area contributed by atoms with Crippen LogP contribution >= 0.6 is 11.6 Å². The molecule has 1 aromatic rings. The summed E-state index contributed by atoms with van der Waals surface area (Å²) in [7, 11) is 1.32. The molecule has 0 aliphatic rings. The Kier molecular flexibility index (Phi) is 3.92. The van der Waals surface area contributed by atoms with Crippen LogP contribution in [0.3, 0.4) is 0 Å². The summed E-state index contributed by atoms with van der Waals surface area (Å²) in [6, 6.07) is 4.30. The van der Waals surface area contributed by atoms with Crippen LogP contribution in [0.4, 0.5) is 4.39 Å². The summed E-state index contributed by atoms with van der Waals surface area (Å²) in [6.07, 6.45) is 0.256. The van der Waals surface area contributed by atoms with E-state index in [1.165, 1.54) is 25.3 Å². The third-order valence-electron chi connectivity index (χ3n) is 2.38. The average molecular weight is 245 g/mol. The zero-order chi connectivity index (χ0) is 12.3. The maximum atomic E-state index is 13.5. The van der Waals surface area contributed by atoms with Gasteiger partial charge in [-0.25, -0.2) is 4.39 Å². The highest BCUT2D eigenvalue weighted by Gasteiger charge is 2.29. The number of ether oxygens (including phenoxy) is 1. The van der Waals surface area contributed by atoms with Crippen LogP contribution in [0.15, 0.2) is 18.2 Å². The summed E-state index contributed by atoms with van der Waals surface area (Å²) in [6.45, 7) is 3.42. The van der Waals surface area contributed by atoms with Gasteiger partial charge >= 0.3 is 5.97 Å². The quantitative estimate of drug-likeness (QED) is 0.763. The van der Waals surface area contributed by atoms with Gasteiger partial charge in [0.25, 0.3) is 0 Å². The second-order valence-corrected chi connectivity index (χ2v) is 4.72. The molecule has 0 aliphatic heterocycles. The largest absolute Gasteiger partial charge is 0.469 e. The standard InChI is InChI=1S/C12H14ClFO2/c1-12(2,11(15)16-3)7-8-6-9(13)4-5-10(8)14/h4-6H,7H2,1-3H3. The van der Waals surface area contributed by atoms with Crippen LogP contribution in [0.5, 0.6) is 0 Å². The van der Waals surface area contributed by atoms with Crippen molar-refractivity contribution in [2.45, 2.75) is 20.3 Å². The van der Waals surface area contributed by atoms with Crippen molar-refractivity contribution < 1.29 is 13.9 Å². The van der Waals surface area contributed by atoms with Crippen molar-refractivity contribution in [1.82, 2.24) is 0 Å².